The van der Waals surface area contributed by atoms with E-state index in [0.29, 0.717) is 22.1 Å². The molecular formula is C19H16FN3O2S. The molecule has 3 N–H and O–H groups in total. The van der Waals surface area contributed by atoms with Gasteiger partial charge >= 0.3 is 6.03 Å². The topological polar surface area (TPSA) is 70.2 Å². The van der Waals surface area contributed by atoms with E-state index >= 15 is 0 Å². The first kappa shape index (κ1) is 17.6. The SMILES string of the molecule is O=C(Nc1ccccc1)Nc1ccc(C(=O)NCc2ccc(F)cc2)s1. The molecule has 3 rings (SSSR count). The zero-order valence-corrected chi connectivity index (χ0v) is 14.5. The molecule has 0 aliphatic heterocycles. The summed E-state index contributed by atoms with van der Waals surface area (Å²) in [7, 11) is 0. The number of anilines is 2. The molecule has 1 aromatic heterocycles. The molecule has 0 saturated heterocycles. The second-order valence-corrected chi connectivity index (χ2v) is 6.50. The fraction of sp³-hybridized carbons (Fsp3) is 0.0526. The van der Waals surface area contributed by atoms with Crippen LogP contribution in [0.15, 0.2) is 66.7 Å². The Morgan fingerprint density at radius 1 is 0.885 bits per heavy atom. The van der Waals surface area contributed by atoms with Gasteiger partial charge in [-0.25, -0.2) is 9.18 Å². The summed E-state index contributed by atoms with van der Waals surface area (Å²) in [5.74, 6) is -0.571. The number of halogens is 1. The van der Waals surface area contributed by atoms with Crippen LogP contribution < -0.4 is 16.0 Å². The highest BCUT2D eigenvalue weighted by molar-refractivity contribution is 7.18. The minimum absolute atomic E-state index is 0.254. The maximum absolute atomic E-state index is 12.9. The Morgan fingerprint density at radius 3 is 2.35 bits per heavy atom. The van der Waals surface area contributed by atoms with Crippen LogP contribution in [0.4, 0.5) is 19.9 Å². The second kappa shape index (κ2) is 8.26. The van der Waals surface area contributed by atoms with E-state index in [2.05, 4.69) is 16.0 Å². The molecule has 3 aromatic rings. The van der Waals surface area contributed by atoms with Gasteiger partial charge in [-0.2, -0.15) is 0 Å². The Balaban J connectivity index is 1.52. The number of thiophene rings is 1. The van der Waals surface area contributed by atoms with E-state index in [1.807, 2.05) is 18.2 Å². The van der Waals surface area contributed by atoms with E-state index in [-0.39, 0.29) is 17.8 Å². The van der Waals surface area contributed by atoms with E-state index in [9.17, 15) is 14.0 Å². The summed E-state index contributed by atoms with van der Waals surface area (Å²) in [5.41, 5.74) is 1.48. The van der Waals surface area contributed by atoms with Crippen LogP contribution in [-0.2, 0) is 6.54 Å². The summed E-state index contributed by atoms with van der Waals surface area (Å²) in [4.78, 5) is 24.6. The molecule has 7 heteroatoms. The third kappa shape index (κ3) is 4.90. The lowest BCUT2D eigenvalue weighted by Gasteiger charge is -2.05. The zero-order valence-electron chi connectivity index (χ0n) is 13.7. The minimum atomic E-state index is -0.378. The molecule has 132 valence electrons. The number of benzene rings is 2. The number of urea groups is 1. The average molecular weight is 369 g/mol. The van der Waals surface area contributed by atoms with Gasteiger partial charge in [0.25, 0.3) is 5.91 Å². The Bertz CT molecular complexity index is 895. The molecule has 0 aliphatic rings. The summed E-state index contributed by atoms with van der Waals surface area (Å²) in [6, 6.07) is 17.9. The van der Waals surface area contributed by atoms with Crippen molar-refractivity contribution < 1.29 is 14.0 Å². The van der Waals surface area contributed by atoms with Gasteiger partial charge < -0.3 is 10.6 Å². The first-order chi connectivity index (χ1) is 12.6. The van der Waals surface area contributed by atoms with E-state index in [1.165, 1.54) is 23.5 Å². The number of amides is 3. The third-order valence-electron chi connectivity index (χ3n) is 3.46. The van der Waals surface area contributed by atoms with Crippen molar-refractivity contribution in [3.63, 3.8) is 0 Å². The maximum Gasteiger partial charge on any atom is 0.324 e. The molecule has 0 saturated carbocycles. The van der Waals surface area contributed by atoms with Crippen LogP contribution >= 0.6 is 11.3 Å². The molecule has 3 amide bonds. The van der Waals surface area contributed by atoms with Gasteiger partial charge in [0.05, 0.1) is 9.88 Å². The van der Waals surface area contributed by atoms with Crippen LogP contribution in [0.25, 0.3) is 0 Å². The number of rotatable bonds is 5. The Morgan fingerprint density at radius 2 is 1.62 bits per heavy atom. The zero-order chi connectivity index (χ0) is 18.4. The van der Waals surface area contributed by atoms with Crippen molar-refractivity contribution in [1.82, 2.24) is 5.32 Å². The van der Waals surface area contributed by atoms with E-state index in [1.54, 1.807) is 36.4 Å². The highest BCUT2D eigenvalue weighted by Crippen LogP contribution is 2.22. The molecule has 2 aromatic carbocycles. The maximum atomic E-state index is 12.9. The van der Waals surface area contributed by atoms with Crippen molar-refractivity contribution in [2.24, 2.45) is 0 Å². The van der Waals surface area contributed by atoms with Crippen molar-refractivity contribution in [1.29, 1.82) is 0 Å². The summed E-state index contributed by atoms with van der Waals surface area (Å²) in [6.07, 6.45) is 0. The largest absolute Gasteiger partial charge is 0.347 e. The summed E-state index contributed by atoms with van der Waals surface area (Å²) in [6.45, 7) is 0.300. The van der Waals surface area contributed by atoms with Crippen molar-refractivity contribution in [3.8, 4) is 0 Å². The third-order valence-corrected chi connectivity index (χ3v) is 4.46. The van der Waals surface area contributed by atoms with Crippen molar-refractivity contribution in [2.75, 3.05) is 10.6 Å². The molecule has 1 heterocycles. The molecule has 0 aliphatic carbocycles. The number of nitrogens with one attached hydrogen (secondary N) is 3. The molecule has 0 unspecified atom stereocenters. The molecule has 0 radical (unpaired) electrons. The number of hydrogen-bond acceptors (Lipinski definition) is 3. The van der Waals surface area contributed by atoms with Crippen LogP contribution in [0.5, 0.6) is 0 Å². The first-order valence-electron chi connectivity index (χ1n) is 7.86. The predicted octanol–water partition coefficient (Wildman–Crippen LogP) is 4.46. The molecular weight excluding hydrogens is 353 g/mol. The van der Waals surface area contributed by atoms with Gasteiger partial charge in [0.1, 0.15) is 5.82 Å². The molecule has 0 spiro atoms. The van der Waals surface area contributed by atoms with Crippen molar-refractivity contribution >= 4 is 34.0 Å². The number of hydrogen-bond donors (Lipinski definition) is 3. The van der Waals surface area contributed by atoms with E-state index in [0.717, 1.165) is 5.56 Å². The Hall–Kier alpha value is -3.19. The monoisotopic (exact) mass is 369 g/mol. The molecule has 26 heavy (non-hydrogen) atoms. The predicted molar refractivity (Wildman–Crippen MR) is 101 cm³/mol. The lowest BCUT2D eigenvalue weighted by atomic mass is 10.2. The van der Waals surface area contributed by atoms with Gasteiger partial charge in [0.2, 0.25) is 0 Å². The fourth-order valence-electron chi connectivity index (χ4n) is 2.19. The van der Waals surface area contributed by atoms with Crippen LogP contribution in [-0.4, -0.2) is 11.9 Å². The highest BCUT2D eigenvalue weighted by Gasteiger charge is 2.11. The van der Waals surface area contributed by atoms with Crippen LogP contribution in [0.3, 0.4) is 0 Å². The standard InChI is InChI=1S/C19H16FN3O2S/c20-14-8-6-13(7-9-14)12-21-18(24)16-10-11-17(26-16)23-19(25)22-15-4-2-1-3-5-15/h1-11H,12H2,(H,21,24)(H2,22,23,25). The van der Waals surface area contributed by atoms with E-state index in [4.69, 9.17) is 0 Å². The Labute approximate surface area is 153 Å². The van der Waals surface area contributed by atoms with Gasteiger partial charge in [-0.3, -0.25) is 10.1 Å². The molecule has 0 atom stereocenters. The van der Waals surface area contributed by atoms with Crippen molar-refractivity contribution in [3.05, 3.63) is 83.0 Å². The van der Waals surface area contributed by atoms with Gasteiger partial charge in [0.15, 0.2) is 0 Å². The molecule has 5 nitrogen and oxygen atoms in total. The number of carbonyl (C=O) groups is 2. The fourth-order valence-corrected chi connectivity index (χ4v) is 3.01. The van der Waals surface area contributed by atoms with Crippen LogP contribution in [0.2, 0.25) is 0 Å². The van der Waals surface area contributed by atoms with Gasteiger partial charge in [-0.15, -0.1) is 11.3 Å². The van der Waals surface area contributed by atoms with Crippen LogP contribution in [0, 0.1) is 5.82 Å². The first-order valence-corrected chi connectivity index (χ1v) is 8.67. The lowest BCUT2D eigenvalue weighted by molar-refractivity contribution is 0.0955. The minimum Gasteiger partial charge on any atom is -0.347 e. The lowest BCUT2D eigenvalue weighted by Crippen LogP contribution is -2.21. The highest BCUT2D eigenvalue weighted by atomic mass is 32.1. The molecule has 0 bridgehead atoms. The number of para-hydroxylation sites is 1. The van der Waals surface area contributed by atoms with Crippen molar-refractivity contribution in [2.45, 2.75) is 6.54 Å². The quantitative estimate of drug-likeness (QED) is 0.621. The smallest absolute Gasteiger partial charge is 0.324 e. The summed E-state index contributed by atoms with van der Waals surface area (Å²) in [5, 5.41) is 8.72. The van der Waals surface area contributed by atoms with Gasteiger partial charge in [-0.05, 0) is 42.0 Å². The molecule has 0 fully saturated rings. The number of carbonyl (C=O) groups excluding carboxylic acids is 2. The van der Waals surface area contributed by atoms with Crippen LogP contribution in [0.1, 0.15) is 15.2 Å². The normalized spacial score (nSPS) is 10.2. The second-order valence-electron chi connectivity index (χ2n) is 5.42. The van der Waals surface area contributed by atoms with Gasteiger partial charge in [-0.1, -0.05) is 30.3 Å². The van der Waals surface area contributed by atoms with E-state index < -0.39 is 0 Å². The Kier molecular flexibility index (Phi) is 5.60. The summed E-state index contributed by atoms with van der Waals surface area (Å²) < 4.78 is 12.9. The summed E-state index contributed by atoms with van der Waals surface area (Å²) >= 11 is 1.17. The average Bonchev–Trinajstić information content (AvgIpc) is 3.10. The van der Waals surface area contributed by atoms with Gasteiger partial charge in [0, 0.05) is 12.2 Å².